The first-order chi connectivity index (χ1) is 26.8. The van der Waals surface area contributed by atoms with Gasteiger partial charge in [-0.3, -0.25) is 19.4 Å². The van der Waals surface area contributed by atoms with Crippen molar-refractivity contribution in [2.24, 2.45) is 0 Å². The fraction of sp³-hybridized carbons (Fsp3) is 0.333. The van der Waals surface area contributed by atoms with Crippen molar-refractivity contribution in [1.29, 1.82) is 0 Å². The number of aromatic nitrogens is 1. The SMILES string of the molecule is Cc1ccc(N(C(=O)c2cc(-c3cc4c(cc3C(=O)N3Cc5cc(C)ccc5C[C@H]3CN3CCOCC3)OCO4)n3c2CCCC3)c2ccc(O)cc2)cc1.Cl. The van der Waals surface area contributed by atoms with Crippen LogP contribution in [-0.2, 0) is 30.7 Å². The van der Waals surface area contributed by atoms with Crippen molar-refractivity contribution in [1.82, 2.24) is 14.4 Å². The Morgan fingerprint density at radius 2 is 1.48 bits per heavy atom. The van der Waals surface area contributed by atoms with Crippen LogP contribution in [0.3, 0.4) is 0 Å². The molecular formula is C45H47ClN4O6. The lowest BCUT2D eigenvalue weighted by Crippen LogP contribution is -2.52. The van der Waals surface area contributed by atoms with Gasteiger partial charge in [0.25, 0.3) is 11.8 Å². The van der Waals surface area contributed by atoms with Gasteiger partial charge in [0.05, 0.1) is 24.3 Å². The van der Waals surface area contributed by atoms with Gasteiger partial charge in [-0.1, -0.05) is 41.5 Å². The molecule has 10 nitrogen and oxygen atoms in total. The zero-order chi connectivity index (χ0) is 37.6. The van der Waals surface area contributed by atoms with Crippen LogP contribution >= 0.6 is 12.4 Å². The molecule has 0 bridgehead atoms. The average molecular weight is 775 g/mol. The summed E-state index contributed by atoms with van der Waals surface area (Å²) in [6.45, 7) is 9.24. The number of amides is 2. The van der Waals surface area contributed by atoms with E-state index in [0.29, 0.717) is 48.1 Å². The largest absolute Gasteiger partial charge is 0.508 e. The second-order valence-corrected chi connectivity index (χ2v) is 15.2. The third-order valence-corrected chi connectivity index (χ3v) is 11.5. The number of benzene rings is 4. The Kier molecular flexibility index (Phi) is 10.5. The number of carbonyl (C=O) groups excluding carboxylic acids is 2. The van der Waals surface area contributed by atoms with Crippen molar-refractivity contribution < 1.29 is 28.9 Å². The van der Waals surface area contributed by atoms with Gasteiger partial charge in [-0.15, -0.1) is 12.4 Å². The number of phenols is 1. The number of aryl methyl sites for hydroxylation is 2. The smallest absolute Gasteiger partial charge is 0.264 e. The molecule has 290 valence electrons. The highest BCUT2D eigenvalue weighted by Crippen LogP contribution is 2.43. The highest BCUT2D eigenvalue weighted by atomic mass is 35.5. The van der Waals surface area contributed by atoms with Crippen LogP contribution in [0, 0.1) is 13.8 Å². The molecule has 4 aliphatic rings. The van der Waals surface area contributed by atoms with Crippen LogP contribution in [0.15, 0.2) is 84.9 Å². The second kappa shape index (κ2) is 15.7. The number of rotatable bonds is 7. The normalized spacial score (nSPS) is 17.5. The molecule has 5 aromatic rings. The van der Waals surface area contributed by atoms with E-state index in [0.717, 1.165) is 80.1 Å². The minimum absolute atomic E-state index is 0. The standard InChI is InChI=1S/C45H46N4O6.ClH/c1-29-7-10-33(11-8-29)49(34-12-14-36(50)15-13-34)45(52)39-23-41(47-16-4-3-5-40(39)47)37-24-42-43(55-28-54-42)25-38(37)44(51)48-26-32-21-30(2)6-9-31(32)22-35(48)27-46-17-19-53-20-18-46;/h6-15,21,23-25,35,50H,3-5,16-20,22,26-28H2,1-2H3;1H/t35-;/m0./s1. The molecule has 0 unspecified atom stereocenters. The lowest BCUT2D eigenvalue weighted by Gasteiger charge is -2.41. The van der Waals surface area contributed by atoms with E-state index < -0.39 is 0 Å². The van der Waals surface area contributed by atoms with Crippen LogP contribution in [0.2, 0.25) is 0 Å². The summed E-state index contributed by atoms with van der Waals surface area (Å²) >= 11 is 0. The monoisotopic (exact) mass is 774 g/mol. The zero-order valence-corrected chi connectivity index (χ0v) is 32.6. The van der Waals surface area contributed by atoms with Crippen LogP contribution in [0.25, 0.3) is 11.3 Å². The number of phenolic OH excluding ortho intramolecular Hbond substituents is 1. The van der Waals surface area contributed by atoms with Crippen molar-refractivity contribution in [3.05, 3.63) is 124 Å². The van der Waals surface area contributed by atoms with Crippen molar-refractivity contribution in [2.45, 2.75) is 58.7 Å². The first kappa shape index (κ1) is 37.6. The van der Waals surface area contributed by atoms with Gasteiger partial charge in [0.1, 0.15) is 5.75 Å². The van der Waals surface area contributed by atoms with Crippen molar-refractivity contribution in [2.75, 3.05) is 44.5 Å². The molecule has 0 aliphatic carbocycles. The molecule has 56 heavy (non-hydrogen) atoms. The Morgan fingerprint density at radius 1 is 0.786 bits per heavy atom. The number of anilines is 2. The molecular weight excluding hydrogens is 728 g/mol. The number of fused-ring (bicyclic) bond motifs is 3. The maximum Gasteiger partial charge on any atom is 0.264 e. The third-order valence-electron chi connectivity index (χ3n) is 11.5. The number of aromatic hydroxyl groups is 1. The maximum atomic E-state index is 15.3. The Balaban J connectivity index is 0.00000441. The predicted octanol–water partition coefficient (Wildman–Crippen LogP) is 7.84. The quantitative estimate of drug-likeness (QED) is 0.180. The van der Waals surface area contributed by atoms with Gasteiger partial charge in [0, 0.05) is 67.1 Å². The molecule has 2 amide bonds. The van der Waals surface area contributed by atoms with Crippen LogP contribution in [0.5, 0.6) is 17.2 Å². The molecule has 1 atom stereocenters. The summed E-state index contributed by atoms with van der Waals surface area (Å²) in [5, 5.41) is 10.1. The minimum Gasteiger partial charge on any atom is -0.508 e. The summed E-state index contributed by atoms with van der Waals surface area (Å²) in [5.74, 6) is 1.02. The molecule has 11 heteroatoms. The lowest BCUT2D eigenvalue weighted by molar-refractivity contribution is 0.0193. The molecule has 5 heterocycles. The van der Waals surface area contributed by atoms with Crippen molar-refractivity contribution >= 4 is 35.6 Å². The molecule has 0 saturated carbocycles. The van der Waals surface area contributed by atoms with E-state index in [2.05, 4.69) is 34.6 Å². The number of halogens is 1. The number of nitrogens with zero attached hydrogens (tertiary/aromatic N) is 4. The summed E-state index contributed by atoms with van der Waals surface area (Å²) in [5.41, 5.74) is 9.70. The fourth-order valence-corrected chi connectivity index (χ4v) is 8.63. The van der Waals surface area contributed by atoms with E-state index >= 15 is 4.79 Å². The highest BCUT2D eigenvalue weighted by Gasteiger charge is 2.36. The van der Waals surface area contributed by atoms with Crippen molar-refractivity contribution in [3.63, 3.8) is 0 Å². The number of ether oxygens (including phenoxy) is 3. The van der Waals surface area contributed by atoms with E-state index in [1.54, 1.807) is 29.2 Å². The third kappa shape index (κ3) is 7.13. The Morgan fingerprint density at radius 3 is 2.23 bits per heavy atom. The summed E-state index contributed by atoms with van der Waals surface area (Å²) in [6, 6.07) is 26.9. The minimum atomic E-state index is -0.173. The number of hydrogen-bond donors (Lipinski definition) is 1. The summed E-state index contributed by atoms with van der Waals surface area (Å²) in [7, 11) is 0. The molecule has 4 aliphatic heterocycles. The van der Waals surface area contributed by atoms with E-state index in [4.69, 9.17) is 14.2 Å². The first-order valence-electron chi connectivity index (χ1n) is 19.4. The van der Waals surface area contributed by atoms with Gasteiger partial charge in [-0.2, -0.15) is 0 Å². The van der Waals surface area contributed by atoms with Crippen molar-refractivity contribution in [3.8, 4) is 28.5 Å². The summed E-state index contributed by atoms with van der Waals surface area (Å²) in [6.07, 6.45) is 3.41. The topological polar surface area (TPSA) is 96.7 Å². The molecule has 0 spiro atoms. The van der Waals surface area contributed by atoms with Crippen LogP contribution < -0.4 is 14.4 Å². The molecule has 1 aromatic heterocycles. The van der Waals surface area contributed by atoms with Crippen LogP contribution in [0.4, 0.5) is 11.4 Å². The number of hydrogen-bond acceptors (Lipinski definition) is 7. The van der Waals surface area contributed by atoms with E-state index in [1.165, 1.54) is 16.7 Å². The molecule has 1 N–H and O–H groups in total. The van der Waals surface area contributed by atoms with Crippen LogP contribution in [0.1, 0.15) is 61.5 Å². The van der Waals surface area contributed by atoms with Crippen LogP contribution in [-0.4, -0.2) is 77.0 Å². The Labute approximate surface area is 333 Å². The van der Waals surface area contributed by atoms with Gasteiger partial charge in [-0.05, 0) is 105 Å². The zero-order valence-electron chi connectivity index (χ0n) is 31.8. The van der Waals surface area contributed by atoms with Gasteiger partial charge < -0.3 is 28.8 Å². The average Bonchev–Trinajstić information content (AvgIpc) is 3.83. The second-order valence-electron chi connectivity index (χ2n) is 15.2. The number of carbonyl (C=O) groups is 2. The van der Waals surface area contributed by atoms with Gasteiger partial charge >= 0.3 is 0 Å². The predicted molar refractivity (Wildman–Crippen MR) is 218 cm³/mol. The van der Waals surface area contributed by atoms with Gasteiger partial charge in [0.15, 0.2) is 11.5 Å². The fourth-order valence-electron chi connectivity index (χ4n) is 8.63. The molecule has 1 fully saturated rings. The lowest BCUT2D eigenvalue weighted by atomic mass is 9.91. The maximum absolute atomic E-state index is 15.3. The Hall–Kier alpha value is -5.29. The van der Waals surface area contributed by atoms with Gasteiger partial charge in [0.2, 0.25) is 6.79 Å². The highest BCUT2D eigenvalue weighted by molar-refractivity contribution is 6.13. The Bertz CT molecular complexity index is 2220. The molecule has 4 aromatic carbocycles. The molecule has 9 rings (SSSR count). The summed E-state index contributed by atoms with van der Waals surface area (Å²) in [4.78, 5) is 36.4. The summed E-state index contributed by atoms with van der Waals surface area (Å²) < 4.78 is 19.7. The molecule has 0 radical (unpaired) electrons. The van der Waals surface area contributed by atoms with E-state index in [9.17, 15) is 9.90 Å². The van der Waals surface area contributed by atoms with E-state index in [-0.39, 0.29) is 42.8 Å². The first-order valence-corrected chi connectivity index (χ1v) is 19.4. The molecule has 1 saturated heterocycles. The van der Waals surface area contributed by atoms with Gasteiger partial charge in [-0.25, -0.2) is 0 Å². The number of morpholine rings is 1. The van der Waals surface area contributed by atoms with E-state index in [1.807, 2.05) is 54.3 Å².